The summed E-state index contributed by atoms with van der Waals surface area (Å²) in [6.07, 6.45) is 0. The van der Waals surface area contributed by atoms with E-state index in [9.17, 15) is 4.79 Å². The van der Waals surface area contributed by atoms with Gasteiger partial charge in [-0.25, -0.2) is 0 Å². The third-order valence-electron chi connectivity index (χ3n) is 2.92. The van der Waals surface area contributed by atoms with E-state index in [1.54, 1.807) is 18.2 Å². The van der Waals surface area contributed by atoms with Gasteiger partial charge in [-0.05, 0) is 42.4 Å². The number of ether oxygens (including phenoxy) is 1. The number of benzene rings is 2. The zero-order valence-corrected chi connectivity index (χ0v) is 11.4. The highest BCUT2D eigenvalue weighted by Gasteiger charge is 2.02. The van der Waals surface area contributed by atoms with Gasteiger partial charge in [-0.3, -0.25) is 4.79 Å². The lowest BCUT2D eigenvalue weighted by molar-refractivity contribution is 0.1000. The van der Waals surface area contributed by atoms with Crippen molar-refractivity contribution in [2.75, 3.05) is 7.05 Å². The van der Waals surface area contributed by atoms with Crippen molar-refractivity contribution in [3.63, 3.8) is 0 Å². The molecule has 2 rings (SSSR count). The van der Waals surface area contributed by atoms with Crippen molar-refractivity contribution < 1.29 is 9.53 Å². The first-order chi connectivity index (χ1) is 9.69. The Morgan fingerprint density at radius 2 is 1.90 bits per heavy atom. The molecule has 0 fully saturated rings. The number of carbonyl (C=O) groups is 1. The molecule has 2 aromatic rings. The molecule has 0 saturated heterocycles. The minimum atomic E-state index is -0.428. The molecule has 0 aliphatic heterocycles. The number of amides is 1. The summed E-state index contributed by atoms with van der Waals surface area (Å²) < 4.78 is 5.69. The van der Waals surface area contributed by atoms with Crippen LogP contribution in [0.1, 0.15) is 21.5 Å². The lowest BCUT2D eigenvalue weighted by Gasteiger charge is -2.08. The molecule has 0 aromatic heterocycles. The molecule has 0 atom stereocenters. The van der Waals surface area contributed by atoms with Gasteiger partial charge in [0.15, 0.2) is 0 Å². The molecular weight excluding hydrogens is 252 g/mol. The average molecular weight is 270 g/mol. The Morgan fingerprint density at radius 3 is 2.55 bits per heavy atom. The molecule has 20 heavy (non-hydrogen) atoms. The highest BCUT2D eigenvalue weighted by Crippen LogP contribution is 2.14. The minimum Gasteiger partial charge on any atom is -0.489 e. The predicted octanol–water partition coefficient (Wildman–Crippen LogP) is 2.08. The first kappa shape index (κ1) is 14.1. The first-order valence-electron chi connectivity index (χ1n) is 6.44. The van der Waals surface area contributed by atoms with Crippen molar-refractivity contribution in [2.24, 2.45) is 5.73 Å². The van der Waals surface area contributed by atoms with Crippen LogP contribution >= 0.6 is 0 Å². The first-order valence-corrected chi connectivity index (χ1v) is 6.44. The lowest BCUT2D eigenvalue weighted by atomic mass is 10.1. The largest absolute Gasteiger partial charge is 0.489 e. The van der Waals surface area contributed by atoms with Gasteiger partial charge < -0.3 is 15.8 Å². The van der Waals surface area contributed by atoms with E-state index in [4.69, 9.17) is 10.5 Å². The maximum atomic E-state index is 11.1. The average Bonchev–Trinajstić information content (AvgIpc) is 2.47. The summed E-state index contributed by atoms with van der Waals surface area (Å²) in [5.74, 6) is 0.373. The second-order valence-corrected chi connectivity index (χ2v) is 4.53. The predicted molar refractivity (Wildman–Crippen MR) is 78.5 cm³/mol. The number of primary amides is 1. The van der Waals surface area contributed by atoms with Crippen LogP contribution in [-0.2, 0) is 13.2 Å². The number of hydrogen-bond acceptors (Lipinski definition) is 3. The highest BCUT2D eigenvalue weighted by atomic mass is 16.5. The van der Waals surface area contributed by atoms with E-state index in [-0.39, 0.29) is 0 Å². The van der Waals surface area contributed by atoms with E-state index in [1.807, 2.05) is 37.4 Å². The van der Waals surface area contributed by atoms with E-state index < -0.39 is 5.91 Å². The number of rotatable bonds is 6. The topological polar surface area (TPSA) is 64.3 Å². The van der Waals surface area contributed by atoms with Crippen LogP contribution in [0, 0.1) is 0 Å². The fourth-order valence-corrected chi connectivity index (χ4v) is 1.89. The standard InChI is InChI=1S/C16H18N2O2/c1-18-10-12-5-7-15(8-6-12)20-11-13-3-2-4-14(9-13)16(17)19/h2-9,18H,10-11H2,1H3,(H2,17,19). The van der Waals surface area contributed by atoms with Crippen molar-refractivity contribution in [1.29, 1.82) is 0 Å². The Kier molecular flexibility index (Phi) is 4.74. The quantitative estimate of drug-likeness (QED) is 0.844. The number of carbonyl (C=O) groups excluding carboxylic acids is 1. The van der Waals surface area contributed by atoms with Crippen molar-refractivity contribution >= 4 is 5.91 Å². The molecule has 4 heteroatoms. The monoisotopic (exact) mass is 270 g/mol. The summed E-state index contributed by atoms with van der Waals surface area (Å²) in [4.78, 5) is 11.1. The van der Waals surface area contributed by atoms with Gasteiger partial charge >= 0.3 is 0 Å². The van der Waals surface area contributed by atoms with Gasteiger partial charge in [0.2, 0.25) is 5.91 Å². The van der Waals surface area contributed by atoms with E-state index in [2.05, 4.69) is 5.32 Å². The number of hydrogen-bond donors (Lipinski definition) is 2. The molecule has 1 amide bonds. The van der Waals surface area contributed by atoms with Crippen LogP contribution in [0.5, 0.6) is 5.75 Å². The molecule has 2 aromatic carbocycles. The smallest absolute Gasteiger partial charge is 0.248 e. The van der Waals surface area contributed by atoms with Gasteiger partial charge in [-0.1, -0.05) is 24.3 Å². The third-order valence-corrected chi connectivity index (χ3v) is 2.92. The Morgan fingerprint density at radius 1 is 1.15 bits per heavy atom. The van der Waals surface area contributed by atoms with E-state index in [0.29, 0.717) is 12.2 Å². The van der Waals surface area contributed by atoms with Gasteiger partial charge in [0.25, 0.3) is 0 Å². The van der Waals surface area contributed by atoms with Crippen LogP contribution < -0.4 is 15.8 Å². The van der Waals surface area contributed by atoms with Crippen LogP contribution in [0.25, 0.3) is 0 Å². The molecule has 0 aliphatic rings. The Labute approximate surface area is 118 Å². The fourth-order valence-electron chi connectivity index (χ4n) is 1.89. The summed E-state index contributed by atoms with van der Waals surface area (Å²) in [5, 5.41) is 3.09. The van der Waals surface area contributed by atoms with E-state index in [1.165, 1.54) is 5.56 Å². The van der Waals surface area contributed by atoms with E-state index >= 15 is 0 Å². The fraction of sp³-hybridized carbons (Fsp3) is 0.188. The molecule has 0 bridgehead atoms. The highest BCUT2D eigenvalue weighted by molar-refractivity contribution is 5.92. The lowest BCUT2D eigenvalue weighted by Crippen LogP contribution is -2.11. The zero-order valence-electron chi connectivity index (χ0n) is 11.4. The Hall–Kier alpha value is -2.33. The van der Waals surface area contributed by atoms with Crippen molar-refractivity contribution in [3.8, 4) is 5.75 Å². The normalized spacial score (nSPS) is 10.2. The van der Waals surface area contributed by atoms with Gasteiger partial charge in [0.1, 0.15) is 12.4 Å². The second-order valence-electron chi connectivity index (χ2n) is 4.53. The molecular formula is C16H18N2O2. The van der Waals surface area contributed by atoms with Gasteiger partial charge in [-0.2, -0.15) is 0 Å². The summed E-state index contributed by atoms with van der Waals surface area (Å²) in [7, 11) is 1.91. The van der Waals surface area contributed by atoms with E-state index in [0.717, 1.165) is 17.9 Å². The van der Waals surface area contributed by atoms with Crippen molar-refractivity contribution in [2.45, 2.75) is 13.2 Å². The summed E-state index contributed by atoms with van der Waals surface area (Å²) in [6, 6.07) is 15.1. The molecule has 104 valence electrons. The maximum Gasteiger partial charge on any atom is 0.248 e. The molecule has 3 N–H and O–H groups in total. The summed E-state index contributed by atoms with van der Waals surface area (Å²) in [6.45, 7) is 1.24. The molecule has 4 nitrogen and oxygen atoms in total. The van der Waals surface area contributed by atoms with Crippen LogP contribution in [0.3, 0.4) is 0 Å². The van der Waals surface area contributed by atoms with Crippen molar-refractivity contribution in [3.05, 3.63) is 65.2 Å². The molecule has 0 aliphatic carbocycles. The molecule has 0 radical (unpaired) electrons. The van der Waals surface area contributed by atoms with Gasteiger partial charge in [-0.15, -0.1) is 0 Å². The van der Waals surface area contributed by atoms with Gasteiger partial charge in [0, 0.05) is 12.1 Å². The summed E-state index contributed by atoms with van der Waals surface area (Å²) in [5.41, 5.74) is 7.87. The minimum absolute atomic E-state index is 0.409. The van der Waals surface area contributed by atoms with Crippen LogP contribution in [0.2, 0.25) is 0 Å². The number of nitrogens with one attached hydrogen (secondary N) is 1. The molecule has 0 saturated carbocycles. The van der Waals surface area contributed by atoms with Crippen molar-refractivity contribution in [1.82, 2.24) is 5.32 Å². The SMILES string of the molecule is CNCc1ccc(OCc2cccc(C(N)=O)c2)cc1. The number of nitrogens with two attached hydrogens (primary N) is 1. The van der Waals surface area contributed by atoms with Crippen LogP contribution in [-0.4, -0.2) is 13.0 Å². The summed E-state index contributed by atoms with van der Waals surface area (Å²) >= 11 is 0. The third kappa shape index (κ3) is 3.83. The van der Waals surface area contributed by atoms with Gasteiger partial charge in [0.05, 0.1) is 0 Å². The molecule has 0 heterocycles. The second kappa shape index (κ2) is 6.73. The molecule has 0 spiro atoms. The maximum absolute atomic E-state index is 11.1. The Bertz CT molecular complexity index is 579. The van der Waals surface area contributed by atoms with Crippen LogP contribution in [0.15, 0.2) is 48.5 Å². The zero-order chi connectivity index (χ0) is 14.4. The Balaban J connectivity index is 1.97. The van der Waals surface area contributed by atoms with Crippen LogP contribution in [0.4, 0.5) is 0 Å². The molecule has 0 unspecified atom stereocenters.